The molecule has 0 amide bonds. The van der Waals surface area contributed by atoms with Gasteiger partial charge in [-0.25, -0.2) is 9.78 Å². The van der Waals surface area contributed by atoms with Gasteiger partial charge in [0.1, 0.15) is 11.5 Å². The van der Waals surface area contributed by atoms with Gasteiger partial charge in [-0.3, -0.25) is 4.79 Å². The van der Waals surface area contributed by atoms with Gasteiger partial charge in [0.25, 0.3) is 0 Å². The highest BCUT2D eigenvalue weighted by atomic mass is 19.4. The minimum absolute atomic E-state index is 0.0943. The quantitative estimate of drug-likeness (QED) is 0.169. The molecule has 0 saturated carbocycles. The summed E-state index contributed by atoms with van der Waals surface area (Å²) in [5.74, 6) is -0.671. The van der Waals surface area contributed by atoms with Gasteiger partial charge < -0.3 is 19.1 Å². The summed E-state index contributed by atoms with van der Waals surface area (Å²) in [5.41, 5.74) is -0.804. The van der Waals surface area contributed by atoms with Crippen LogP contribution >= 0.6 is 0 Å². The molecule has 10 heteroatoms. The number of ketones is 1. The first-order valence-corrected chi connectivity index (χ1v) is 12.4. The highest BCUT2D eigenvalue weighted by molar-refractivity contribution is 6.07. The largest absolute Gasteiger partial charge is 0.493 e. The number of aromatic nitrogens is 2. The van der Waals surface area contributed by atoms with Gasteiger partial charge in [-0.05, 0) is 44.5 Å². The molecule has 4 rings (SSSR count). The Kier molecular flexibility index (Phi) is 8.27. The number of alkyl halides is 3. The van der Waals surface area contributed by atoms with Crippen molar-refractivity contribution in [1.82, 2.24) is 9.55 Å². The molecule has 0 aliphatic rings. The van der Waals surface area contributed by atoms with Crippen molar-refractivity contribution in [2.45, 2.75) is 38.6 Å². The molecule has 0 spiro atoms. The van der Waals surface area contributed by atoms with Gasteiger partial charge >= 0.3 is 12.1 Å². The Balaban J connectivity index is 1.48. The lowest BCUT2D eigenvalue weighted by Crippen LogP contribution is -2.37. The molecule has 208 valence electrons. The Morgan fingerprint density at radius 1 is 0.925 bits per heavy atom. The zero-order chi connectivity index (χ0) is 28.9. The number of hydrogen-bond acceptors (Lipinski definition) is 5. The third kappa shape index (κ3) is 6.88. The van der Waals surface area contributed by atoms with Gasteiger partial charge in [-0.2, -0.15) is 13.2 Å². The average Bonchev–Trinajstić information content (AvgIpc) is 3.35. The van der Waals surface area contributed by atoms with Gasteiger partial charge in [0.2, 0.25) is 5.78 Å². The van der Waals surface area contributed by atoms with Crippen LogP contribution in [0.4, 0.5) is 13.2 Å². The molecule has 1 N–H and O–H groups in total. The van der Waals surface area contributed by atoms with E-state index in [0.717, 1.165) is 29.8 Å². The van der Waals surface area contributed by atoms with E-state index in [9.17, 15) is 27.9 Å². The van der Waals surface area contributed by atoms with Crippen molar-refractivity contribution >= 4 is 11.8 Å². The van der Waals surface area contributed by atoms with Crippen LogP contribution in [0.15, 0.2) is 85.1 Å². The summed E-state index contributed by atoms with van der Waals surface area (Å²) >= 11 is 0. The first kappa shape index (κ1) is 28.4. The minimum Gasteiger partial charge on any atom is -0.493 e. The van der Waals surface area contributed by atoms with Crippen LogP contribution in [0.3, 0.4) is 0 Å². The van der Waals surface area contributed by atoms with E-state index in [-0.39, 0.29) is 18.0 Å². The van der Waals surface area contributed by atoms with Crippen LogP contribution in [0.1, 0.15) is 42.0 Å². The maximum Gasteiger partial charge on any atom is 0.416 e. The number of hydrogen-bond donors (Lipinski definition) is 1. The van der Waals surface area contributed by atoms with Gasteiger partial charge in [-0.15, -0.1) is 0 Å². The van der Waals surface area contributed by atoms with Crippen molar-refractivity contribution in [3.8, 4) is 22.8 Å². The maximum absolute atomic E-state index is 13.3. The van der Waals surface area contributed by atoms with E-state index in [4.69, 9.17) is 9.47 Å². The van der Waals surface area contributed by atoms with E-state index in [2.05, 4.69) is 4.98 Å². The Bertz CT molecular complexity index is 1480. The first-order chi connectivity index (χ1) is 18.9. The normalized spacial score (nSPS) is 11.7. The Hall–Kier alpha value is -4.60. The molecule has 0 radical (unpaired) electrons. The Labute approximate surface area is 228 Å². The second kappa shape index (κ2) is 11.6. The summed E-state index contributed by atoms with van der Waals surface area (Å²) in [6.45, 7) is 3.50. The van der Waals surface area contributed by atoms with Crippen molar-refractivity contribution in [3.05, 3.63) is 102 Å². The third-order valence-electron chi connectivity index (χ3n) is 6.03. The van der Waals surface area contributed by atoms with Gasteiger partial charge in [0.05, 0.1) is 17.9 Å². The second-order valence-electron chi connectivity index (χ2n) is 9.51. The standard InChI is InChI=1S/C30H27F3N2O5/c1-29(2,28(37)38)40-24-11-6-10-23(18-24)39-17-7-16-35-19-25(20-8-4-3-5-9-20)34-27(35)26(36)21-12-14-22(15-13-21)30(31,32)33/h3-6,8-15,18-19H,7,16-17H2,1-2H3,(H,37,38). The molecule has 0 saturated heterocycles. The molecule has 1 aromatic heterocycles. The maximum atomic E-state index is 13.3. The lowest BCUT2D eigenvalue weighted by molar-refractivity contribution is -0.152. The molecule has 3 aromatic carbocycles. The first-order valence-electron chi connectivity index (χ1n) is 12.4. The molecular formula is C30H27F3N2O5. The molecule has 0 atom stereocenters. The average molecular weight is 553 g/mol. The molecule has 1 heterocycles. The molecule has 40 heavy (non-hydrogen) atoms. The highest BCUT2D eigenvalue weighted by Gasteiger charge is 2.31. The van der Waals surface area contributed by atoms with E-state index in [1.807, 2.05) is 30.3 Å². The van der Waals surface area contributed by atoms with Crippen LogP contribution in [-0.2, 0) is 17.5 Å². The van der Waals surface area contributed by atoms with E-state index in [1.165, 1.54) is 13.8 Å². The second-order valence-corrected chi connectivity index (χ2v) is 9.51. The fourth-order valence-electron chi connectivity index (χ4n) is 3.85. The molecule has 0 aliphatic carbocycles. The van der Waals surface area contributed by atoms with Crippen LogP contribution in [0.25, 0.3) is 11.3 Å². The van der Waals surface area contributed by atoms with Gasteiger partial charge in [-0.1, -0.05) is 48.5 Å². The molecule has 0 unspecified atom stereocenters. The zero-order valence-corrected chi connectivity index (χ0v) is 21.8. The van der Waals surface area contributed by atoms with Gasteiger partial charge in [0.15, 0.2) is 11.4 Å². The zero-order valence-electron chi connectivity index (χ0n) is 21.8. The summed E-state index contributed by atoms with van der Waals surface area (Å²) in [5, 5.41) is 9.27. The number of carboxylic acids is 1. The van der Waals surface area contributed by atoms with Crippen LogP contribution in [0, 0.1) is 0 Å². The number of benzene rings is 3. The smallest absolute Gasteiger partial charge is 0.416 e. The lowest BCUT2D eigenvalue weighted by atomic mass is 10.1. The summed E-state index contributed by atoms with van der Waals surface area (Å²) in [6, 6.07) is 19.9. The predicted octanol–water partition coefficient (Wildman–Crippen LogP) is 6.51. The number of aryl methyl sites for hydroxylation is 1. The highest BCUT2D eigenvalue weighted by Crippen LogP contribution is 2.30. The fraction of sp³-hybridized carbons (Fsp3) is 0.233. The minimum atomic E-state index is -4.50. The number of imidazole rings is 1. The number of halogens is 3. The van der Waals surface area contributed by atoms with E-state index >= 15 is 0 Å². The molecular weight excluding hydrogens is 525 g/mol. The SMILES string of the molecule is CC(C)(Oc1cccc(OCCCn2cc(-c3ccccc3)nc2C(=O)c2ccc(C(F)(F)F)cc2)c1)C(=O)O. The van der Waals surface area contributed by atoms with Gasteiger partial charge in [0, 0.05) is 29.9 Å². The number of carbonyl (C=O) groups is 2. The van der Waals surface area contributed by atoms with Crippen LogP contribution in [0.2, 0.25) is 0 Å². The monoisotopic (exact) mass is 552 g/mol. The van der Waals surface area contributed by atoms with Crippen molar-refractivity contribution in [1.29, 1.82) is 0 Å². The molecule has 0 bridgehead atoms. The van der Waals surface area contributed by atoms with Crippen molar-refractivity contribution in [2.24, 2.45) is 0 Å². The predicted molar refractivity (Wildman–Crippen MR) is 141 cm³/mol. The van der Waals surface area contributed by atoms with Crippen LogP contribution in [0.5, 0.6) is 11.5 Å². The summed E-state index contributed by atoms with van der Waals surface area (Å²) in [6.07, 6.45) is -2.29. The summed E-state index contributed by atoms with van der Waals surface area (Å²) < 4.78 is 52.0. The topological polar surface area (TPSA) is 90.7 Å². The number of nitrogens with zero attached hydrogens (tertiary/aromatic N) is 2. The molecule has 0 fully saturated rings. The number of carbonyl (C=O) groups excluding carboxylic acids is 1. The third-order valence-corrected chi connectivity index (χ3v) is 6.03. The van der Waals surface area contributed by atoms with Crippen molar-refractivity contribution in [2.75, 3.05) is 6.61 Å². The van der Waals surface area contributed by atoms with E-state index < -0.39 is 29.1 Å². The van der Waals surface area contributed by atoms with Crippen molar-refractivity contribution in [3.63, 3.8) is 0 Å². The molecule has 0 aliphatic heterocycles. The molecule has 7 nitrogen and oxygen atoms in total. The summed E-state index contributed by atoms with van der Waals surface area (Å²) in [7, 11) is 0. The van der Waals surface area contributed by atoms with Crippen LogP contribution in [-0.4, -0.2) is 38.6 Å². The van der Waals surface area contributed by atoms with E-state index in [1.54, 1.807) is 35.0 Å². The Morgan fingerprint density at radius 3 is 2.25 bits per heavy atom. The fourth-order valence-corrected chi connectivity index (χ4v) is 3.85. The van der Waals surface area contributed by atoms with E-state index in [0.29, 0.717) is 30.2 Å². The summed E-state index contributed by atoms with van der Waals surface area (Å²) in [4.78, 5) is 29.1. The number of rotatable bonds is 11. The lowest BCUT2D eigenvalue weighted by Gasteiger charge is -2.21. The number of aliphatic carboxylic acids is 1. The Morgan fingerprint density at radius 2 is 1.60 bits per heavy atom. The van der Waals surface area contributed by atoms with Crippen LogP contribution < -0.4 is 9.47 Å². The van der Waals surface area contributed by atoms with Crippen molar-refractivity contribution < 1.29 is 37.3 Å². The number of ether oxygens (including phenoxy) is 2. The number of carboxylic acid groups (broad SMARTS) is 1. The molecule has 4 aromatic rings.